The van der Waals surface area contributed by atoms with Crippen molar-refractivity contribution in [3.05, 3.63) is 106 Å². The van der Waals surface area contributed by atoms with E-state index in [0.29, 0.717) is 18.0 Å². The van der Waals surface area contributed by atoms with Gasteiger partial charge in [-0.05, 0) is 41.3 Å². The molecule has 0 spiro atoms. The Balaban J connectivity index is 1.66. The molecule has 3 nitrogen and oxygen atoms in total. The zero-order valence-electron chi connectivity index (χ0n) is 15.3. The number of esters is 1. The van der Waals surface area contributed by atoms with Crippen LogP contribution in [0.25, 0.3) is 0 Å². The summed E-state index contributed by atoms with van der Waals surface area (Å²) in [7, 11) is 0. The molecule has 0 aliphatic carbocycles. The SMILES string of the molecule is O=C(OCc1ccc(F)cc1)[C@H](Cc1ccccc1)NCc1ccccc1Cl. The third-order valence-corrected chi connectivity index (χ3v) is 4.73. The van der Waals surface area contributed by atoms with Crippen LogP contribution < -0.4 is 5.32 Å². The first-order chi connectivity index (χ1) is 13.6. The Morgan fingerprint density at radius 2 is 1.61 bits per heavy atom. The second-order valence-electron chi connectivity index (χ2n) is 6.45. The van der Waals surface area contributed by atoms with E-state index in [1.165, 1.54) is 12.1 Å². The van der Waals surface area contributed by atoms with Crippen molar-refractivity contribution in [2.45, 2.75) is 25.6 Å². The van der Waals surface area contributed by atoms with Gasteiger partial charge in [0.1, 0.15) is 18.5 Å². The number of halogens is 2. The van der Waals surface area contributed by atoms with Gasteiger partial charge in [0.25, 0.3) is 0 Å². The van der Waals surface area contributed by atoms with E-state index in [1.807, 2.05) is 54.6 Å². The zero-order valence-corrected chi connectivity index (χ0v) is 16.0. The molecule has 1 atom stereocenters. The van der Waals surface area contributed by atoms with Crippen LogP contribution in [0.4, 0.5) is 4.39 Å². The molecule has 0 saturated heterocycles. The molecule has 3 aromatic carbocycles. The van der Waals surface area contributed by atoms with Gasteiger partial charge in [-0.15, -0.1) is 0 Å². The second-order valence-corrected chi connectivity index (χ2v) is 6.86. The van der Waals surface area contributed by atoms with Crippen LogP contribution in [-0.4, -0.2) is 12.0 Å². The van der Waals surface area contributed by atoms with Crippen LogP contribution in [0.1, 0.15) is 16.7 Å². The Kier molecular flexibility index (Phi) is 7.18. The Morgan fingerprint density at radius 3 is 2.32 bits per heavy atom. The predicted octanol–water partition coefficient (Wildman–Crippen LogP) is 4.92. The van der Waals surface area contributed by atoms with Crippen molar-refractivity contribution < 1.29 is 13.9 Å². The number of hydrogen-bond donors (Lipinski definition) is 1. The number of rotatable bonds is 8. The minimum atomic E-state index is -0.529. The van der Waals surface area contributed by atoms with E-state index in [-0.39, 0.29) is 18.4 Å². The molecule has 0 radical (unpaired) electrons. The Morgan fingerprint density at radius 1 is 0.929 bits per heavy atom. The van der Waals surface area contributed by atoms with E-state index in [9.17, 15) is 9.18 Å². The largest absolute Gasteiger partial charge is 0.460 e. The monoisotopic (exact) mass is 397 g/mol. The van der Waals surface area contributed by atoms with Gasteiger partial charge >= 0.3 is 5.97 Å². The molecular weight excluding hydrogens is 377 g/mol. The molecule has 144 valence electrons. The fourth-order valence-electron chi connectivity index (χ4n) is 2.80. The molecule has 1 N–H and O–H groups in total. The van der Waals surface area contributed by atoms with Crippen LogP contribution >= 0.6 is 11.6 Å². The van der Waals surface area contributed by atoms with Gasteiger partial charge in [-0.25, -0.2) is 4.39 Å². The summed E-state index contributed by atoms with van der Waals surface area (Å²) < 4.78 is 18.5. The summed E-state index contributed by atoms with van der Waals surface area (Å²) in [6.45, 7) is 0.543. The quantitative estimate of drug-likeness (QED) is 0.548. The maximum Gasteiger partial charge on any atom is 0.323 e. The molecule has 28 heavy (non-hydrogen) atoms. The van der Waals surface area contributed by atoms with Gasteiger partial charge in [-0.2, -0.15) is 0 Å². The summed E-state index contributed by atoms with van der Waals surface area (Å²) in [6.07, 6.45) is 0.494. The Labute approximate surface area is 169 Å². The lowest BCUT2D eigenvalue weighted by Gasteiger charge is -2.18. The highest BCUT2D eigenvalue weighted by atomic mass is 35.5. The molecule has 0 aliphatic heterocycles. The molecule has 0 amide bonds. The van der Waals surface area contributed by atoms with Gasteiger partial charge in [-0.1, -0.05) is 72.3 Å². The summed E-state index contributed by atoms with van der Waals surface area (Å²) in [6, 6.07) is 22.6. The van der Waals surface area contributed by atoms with Crippen molar-refractivity contribution in [1.82, 2.24) is 5.32 Å². The second kappa shape index (κ2) is 10.0. The molecule has 0 aromatic heterocycles. The Bertz CT molecular complexity index is 900. The number of benzene rings is 3. The normalized spacial score (nSPS) is 11.8. The van der Waals surface area contributed by atoms with Crippen molar-refractivity contribution in [3.8, 4) is 0 Å². The van der Waals surface area contributed by atoms with E-state index >= 15 is 0 Å². The minimum absolute atomic E-state index is 0.0954. The number of nitrogens with one attached hydrogen (secondary N) is 1. The molecule has 0 saturated carbocycles. The van der Waals surface area contributed by atoms with Gasteiger partial charge in [0.2, 0.25) is 0 Å². The highest BCUT2D eigenvalue weighted by molar-refractivity contribution is 6.31. The van der Waals surface area contributed by atoms with Crippen molar-refractivity contribution >= 4 is 17.6 Å². The molecule has 0 bridgehead atoms. The van der Waals surface area contributed by atoms with E-state index in [4.69, 9.17) is 16.3 Å². The first kappa shape index (κ1) is 20.1. The molecule has 0 fully saturated rings. The molecule has 5 heteroatoms. The van der Waals surface area contributed by atoms with Gasteiger partial charge in [0.05, 0.1) is 0 Å². The number of ether oxygens (including phenoxy) is 1. The van der Waals surface area contributed by atoms with Crippen LogP contribution in [0.3, 0.4) is 0 Å². The topological polar surface area (TPSA) is 38.3 Å². The maximum absolute atomic E-state index is 13.0. The molecule has 0 unspecified atom stereocenters. The summed E-state index contributed by atoms with van der Waals surface area (Å²) in [5.74, 6) is -0.682. The number of hydrogen-bond acceptors (Lipinski definition) is 3. The van der Waals surface area contributed by atoms with E-state index in [2.05, 4.69) is 5.32 Å². The molecule has 0 aliphatic rings. The molecular formula is C23H21ClFNO2. The highest BCUT2D eigenvalue weighted by Gasteiger charge is 2.20. The van der Waals surface area contributed by atoms with Crippen molar-refractivity contribution in [2.75, 3.05) is 0 Å². The molecule has 3 aromatic rings. The lowest BCUT2D eigenvalue weighted by molar-refractivity contribution is -0.147. The smallest absolute Gasteiger partial charge is 0.323 e. The standard InChI is InChI=1S/C23H21ClFNO2/c24-21-9-5-4-8-19(21)15-26-22(14-17-6-2-1-3-7-17)23(27)28-16-18-10-12-20(25)13-11-18/h1-13,22,26H,14-16H2/t22-/m0/s1. The van der Waals surface area contributed by atoms with Crippen LogP contribution in [0.5, 0.6) is 0 Å². The zero-order chi connectivity index (χ0) is 19.8. The number of carbonyl (C=O) groups excluding carboxylic acids is 1. The van der Waals surface area contributed by atoms with Crippen molar-refractivity contribution in [3.63, 3.8) is 0 Å². The summed E-state index contributed by atoms with van der Waals surface area (Å²) in [4.78, 5) is 12.7. The first-order valence-electron chi connectivity index (χ1n) is 9.03. The van der Waals surface area contributed by atoms with E-state index in [1.54, 1.807) is 12.1 Å². The van der Waals surface area contributed by atoms with Crippen molar-refractivity contribution in [2.24, 2.45) is 0 Å². The minimum Gasteiger partial charge on any atom is -0.460 e. The average Bonchev–Trinajstić information content (AvgIpc) is 2.72. The van der Waals surface area contributed by atoms with Gasteiger partial charge in [-0.3, -0.25) is 10.1 Å². The van der Waals surface area contributed by atoms with Gasteiger partial charge in [0, 0.05) is 11.6 Å². The Hall–Kier alpha value is -2.69. The van der Waals surface area contributed by atoms with E-state index < -0.39 is 6.04 Å². The number of carbonyl (C=O) groups is 1. The molecule has 0 heterocycles. The predicted molar refractivity (Wildman–Crippen MR) is 108 cm³/mol. The van der Waals surface area contributed by atoms with Crippen LogP contribution in [-0.2, 0) is 29.1 Å². The third kappa shape index (κ3) is 5.91. The summed E-state index contributed by atoms with van der Waals surface area (Å²) >= 11 is 6.21. The van der Waals surface area contributed by atoms with Crippen molar-refractivity contribution in [1.29, 1.82) is 0 Å². The first-order valence-corrected chi connectivity index (χ1v) is 9.41. The maximum atomic E-state index is 13.0. The van der Waals surface area contributed by atoms with Gasteiger partial charge in [0.15, 0.2) is 0 Å². The average molecular weight is 398 g/mol. The third-order valence-electron chi connectivity index (χ3n) is 4.36. The molecule has 3 rings (SSSR count). The lowest BCUT2D eigenvalue weighted by atomic mass is 10.1. The van der Waals surface area contributed by atoms with Crippen LogP contribution in [0.15, 0.2) is 78.9 Å². The summed E-state index contributed by atoms with van der Waals surface area (Å²) in [5.41, 5.74) is 2.67. The summed E-state index contributed by atoms with van der Waals surface area (Å²) in [5, 5.41) is 3.90. The fourth-order valence-corrected chi connectivity index (χ4v) is 3.00. The van der Waals surface area contributed by atoms with Crippen LogP contribution in [0.2, 0.25) is 5.02 Å². The fraction of sp³-hybridized carbons (Fsp3) is 0.174. The van der Waals surface area contributed by atoms with E-state index in [0.717, 1.165) is 16.7 Å². The highest BCUT2D eigenvalue weighted by Crippen LogP contribution is 2.15. The van der Waals surface area contributed by atoms with Gasteiger partial charge < -0.3 is 4.74 Å². The van der Waals surface area contributed by atoms with Crippen LogP contribution in [0, 0.1) is 5.82 Å². The lowest BCUT2D eigenvalue weighted by Crippen LogP contribution is -2.39.